The van der Waals surface area contributed by atoms with Crippen molar-refractivity contribution < 1.29 is 0 Å². The highest BCUT2D eigenvalue weighted by atomic mass is 35.5. The molecule has 0 aromatic rings. The van der Waals surface area contributed by atoms with Crippen molar-refractivity contribution in [1.82, 2.24) is 0 Å². The van der Waals surface area contributed by atoms with Gasteiger partial charge in [-0.15, -0.1) is 18.2 Å². The summed E-state index contributed by atoms with van der Waals surface area (Å²) in [5, 5.41) is 0.192. The van der Waals surface area contributed by atoms with Crippen LogP contribution in [-0.4, -0.2) is 5.38 Å². The third kappa shape index (κ3) is 1.21. The second-order valence-corrected chi connectivity index (χ2v) is 4.89. The summed E-state index contributed by atoms with van der Waals surface area (Å²) in [6.07, 6.45) is 5.93. The Hall–Kier alpha value is 0.0300. The van der Waals surface area contributed by atoms with E-state index in [9.17, 15) is 0 Å². The first-order valence-electron chi connectivity index (χ1n) is 4.80. The van der Waals surface area contributed by atoms with Gasteiger partial charge in [-0.2, -0.15) is 0 Å². The van der Waals surface area contributed by atoms with Crippen molar-refractivity contribution in [3.05, 3.63) is 12.7 Å². The molecule has 0 aromatic carbocycles. The average molecular weight is 187 g/mol. The van der Waals surface area contributed by atoms with Crippen molar-refractivity contribution in [3.63, 3.8) is 0 Å². The van der Waals surface area contributed by atoms with Crippen LogP contribution in [0, 0.1) is 10.8 Å². The fourth-order valence-corrected chi connectivity index (χ4v) is 2.55. The van der Waals surface area contributed by atoms with Gasteiger partial charge in [0.25, 0.3) is 0 Å². The van der Waals surface area contributed by atoms with Crippen LogP contribution < -0.4 is 0 Å². The summed E-state index contributed by atoms with van der Waals surface area (Å²) in [7, 11) is 0. The van der Waals surface area contributed by atoms with Gasteiger partial charge in [-0.25, -0.2) is 0 Å². The minimum Gasteiger partial charge on any atom is -0.122 e. The third-order valence-electron chi connectivity index (χ3n) is 3.92. The van der Waals surface area contributed by atoms with Gasteiger partial charge in [0.1, 0.15) is 0 Å². The number of rotatable bonds is 4. The van der Waals surface area contributed by atoms with Crippen LogP contribution in [-0.2, 0) is 0 Å². The van der Waals surface area contributed by atoms with Gasteiger partial charge < -0.3 is 0 Å². The molecule has 1 fully saturated rings. The van der Waals surface area contributed by atoms with E-state index in [2.05, 4.69) is 33.4 Å². The zero-order valence-electron chi connectivity index (χ0n) is 8.36. The molecule has 1 aliphatic carbocycles. The van der Waals surface area contributed by atoms with Crippen LogP contribution in [0.3, 0.4) is 0 Å². The highest BCUT2D eigenvalue weighted by Gasteiger charge is 2.55. The Morgan fingerprint density at radius 3 is 2.25 bits per heavy atom. The van der Waals surface area contributed by atoms with Gasteiger partial charge in [-0.05, 0) is 31.6 Å². The van der Waals surface area contributed by atoms with Crippen molar-refractivity contribution in [2.24, 2.45) is 10.8 Å². The average Bonchev–Trinajstić information content (AvgIpc) is 2.83. The SMILES string of the molecule is C=C[C@@](C)([C@H](C)Cl)C1(CC)CC1. The molecule has 0 aliphatic heterocycles. The lowest BCUT2D eigenvalue weighted by molar-refractivity contribution is 0.217. The van der Waals surface area contributed by atoms with Gasteiger partial charge in [-0.3, -0.25) is 0 Å². The zero-order chi connectivity index (χ0) is 9.41. The molecule has 70 valence electrons. The molecule has 0 radical (unpaired) electrons. The Morgan fingerprint density at radius 2 is 2.17 bits per heavy atom. The fourth-order valence-electron chi connectivity index (χ4n) is 2.22. The lowest BCUT2D eigenvalue weighted by Gasteiger charge is -2.37. The Labute approximate surface area is 81.0 Å². The summed E-state index contributed by atoms with van der Waals surface area (Å²) in [5.74, 6) is 0. The zero-order valence-corrected chi connectivity index (χ0v) is 9.12. The number of hydrogen-bond acceptors (Lipinski definition) is 0. The molecule has 0 aromatic heterocycles. The van der Waals surface area contributed by atoms with Crippen molar-refractivity contribution in [1.29, 1.82) is 0 Å². The highest BCUT2D eigenvalue weighted by molar-refractivity contribution is 6.21. The predicted molar refractivity (Wildman–Crippen MR) is 55.6 cm³/mol. The van der Waals surface area contributed by atoms with E-state index in [1.807, 2.05) is 0 Å². The second kappa shape index (κ2) is 3.06. The first kappa shape index (κ1) is 10.1. The Bertz CT molecular complexity index is 179. The lowest BCUT2D eigenvalue weighted by atomic mass is 9.70. The summed E-state index contributed by atoms with van der Waals surface area (Å²) in [6, 6.07) is 0. The molecule has 1 aliphatic rings. The van der Waals surface area contributed by atoms with Crippen LogP contribution in [0.4, 0.5) is 0 Å². The van der Waals surface area contributed by atoms with Crippen LogP contribution in [0.1, 0.15) is 40.0 Å². The van der Waals surface area contributed by atoms with E-state index in [0.717, 1.165) is 0 Å². The third-order valence-corrected chi connectivity index (χ3v) is 4.38. The standard InChI is InChI=1S/C11H19Cl/c1-5-10(4,9(3)12)11(6-2)7-8-11/h5,9H,1,6-8H2,2-4H3/t9-,10-/m0/s1. The quantitative estimate of drug-likeness (QED) is 0.460. The summed E-state index contributed by atoms with van der Waals surface area (Å²) >= 11 is 6.22. The van der Waals surface area contributed by atoms with Crippen LogP contribution in [0.5, 0.6) is 0 Å². The summed E-state index contributed by atoms with van der Waals surface area (Å²) in [4.78, 5) is 0. The van der Waals surface area contributed by atoms with Gasteiger partial charge in [0.05, 0.1) is 0 Å². The monoisotopic (exact) mass is 186 g/mol. The smallest absolute Gasteiger partial charge is 0.0401 e. The molecular formula is C11H19Cl. The largest absolute Gasteiger partial charge is 0.122 e. The minimum atomic E-state index is 0.128. The normalized spacial score (nSPS) is 27.3. The first-order chi connectivity index (χ1) is 5.52. The highest BCUT2D eigenvalue weighted by Crippen LogP contribution is 2.63. The molecule has 0 amide bonds. The van der Waals surface area contributed by atoms with Gasteiger partial charge in [0.2, 0.25) is 0 Å². The molecule has 0 saturated heterocycles. The van der Waals surface area contributed by atoms with Crippen molar-refractivity contribution in [3.8, 4) is 0 Å². The van der Waals surface area contributed by atoms with Crippen LogP contribution in [0.15, 0.2) is 12.7 Å². The Morgan fingerprint density at radius 1 is 1.67 bits per heavy atom. The number of allylic oxidation sites excluding steroid dienone is 1. The van der Waals surface area contributed by atoms with Gasteiger partial charge in [0, 0.05) is 10.8 Å². The maximum Gasteiger partial charge on any atom is 0.0401 e. The molecule has 1 rings (SSSR count). The lowest BCUT2D eigenvalue weighted by Crippen LogP contribution is -2.33. The molecule has 0 unspecified atom stereocenters. The van der Waals surface area contributed by atoms with Crippen LogP contribution >= 0.6 is 11.6 Å². The number of alkyl halides is 1. The second-order valence-electron chi connectivity index (χ2n) is 4.24. The van der Waals surface area contributed by atoms with E-state index in [0.29, 0.717) is 5.41 Å². The van der Waals surface area contributed by atoms with Crippen LogP contribution in [0.2, 0.25) is 0 Å². The maximum absolute atomic E-state index is 6.22. The molecule has 2 atom stereocenters. The molecule has 0 bridgehead atoms. The minimum absolute atomic E-state index is 0.128. The van der Waals surface area contributed by atoms with E-state index in [1.54, 1.807) is 0 Å². The van der Waals surface area contributed by atoms with Crippen molar-refractivity contribution in [2.45, 2.75) is 45.4 Å². The van der Waals surface area contributed by atoms with E-state index in [-0.39, 0.29) is 10.8 Å². The molecule has 1 saturated carbocycles. The fraction of sp³-hybridized carbons (Fsp3) is 0.818. The molecule has 1 heteroatoms. The topological polar surface area (TPSA) is 0 Å². The molecular weight excluding hydrogens is 168 g/mol. The molecule has 0 nitrogen and oxygen atoms in total. The van der Waals surface area contributed by atoms with E-state index in [4.69, 9.17) is 11.6 Å². The number of hydrogen-bond donors (Lipinski definition) is 0. The van der Waals surface area contributed by atoms with Gasteiger partial charge >= 0.3 is 0 Å². The Kier molecular flexibility index (Phi) is 2.58. The summed E-state index contributed by atoms with van der Waals surface area (Å²) in [6.45, 7) is 10.5. The number of halogens is 1. The Balaban J connectivity index is 2.86. The molecule has 0 heterocycles. The summed E-state index contributed by atoms with van der Waals surface area (Å²) < 4.78 is 0. The van der Waals surface area contributed by atoms with Crippen molar-refractivity contribution >= 4 is 11.6 Å². The summed E-state index contributed by atoms with van der Waals surface area (Å²) in [5.41, 5.74) is 0.596. The first-order valence-corrected chi connectivity index (χ1v) is 5.24. The van der Waals surface area contributed by atoms with E-state index in [1.165, 1.54) is 19.3 Å². The molecule has 0 spiro atoms. The molecule has 0 N–H and O–H groups in total. The van der Waals surface area contributed by atoms with E-state index < -0.39 is 0 Å². The van der Waals surface area contributed by atoms with Crippen molar-refractivity contribution in [2.75, 3.05) is 0 Å². The van der Waals surface area contributed by atoms with E-state index >= 15 is 0 Å². The van der Waals surface area contributed by atoms with Crippen LogP contribution in [0.25, 0.3) is 0 Å². The van der Waals surface area contributed by atoms with Gasteiger partial charge in [0.15, 0.2) is 0 Å². The maximum atomic E-state index is 6.22. The van der Waals surface area contributed by atoms with Gasteiger partial charge in [-0.1, -0.05) is 19.9 Å². The molecule has 12 heavy (non-hydrogen) atoms. The predicted octanol–water partition coefficient (Wildman–Crippen LogP) is 4.00.